The van der Waals surface area contributed by atoms with Crippen LogP contribution in [0.5, 0.6) is 5.88 Å². The number of nitrogens with zero attached hydrogens (tertiary/aromatic N) is 2. The highest BCUT2D eigenvalue weighted by molar-refractivity contribution is 6.17. The first-order chi connectivity index (χ1) is 7.77. The molecule has 0 bridgehead atoms. The van der Waals surface area contributed by atoms with Crippen molar-refractivity contribution in [2.45, 2.75) is 32.2 Å². The Morgan fingerprint density at radius 1 is 1.31 bits per heavy atom. The molecule has 1 aromatic heterocycles. The summed E-state index contributed by atoms with van der Waals surface area (Å²) in [4.78, 5) is 11.4. The van der Waals surface area contributed by atoms with Crippen molar-refractivity contribution >= 4 is 11.6 Å². The fraction of sp³-hybridized carbons (Fsp3) is 0.636. The Morgan fingerprint density at radius 2 is 2.06 bits per heavy atom. The van der Waals surface area contributed by atoms with Crippen molar-refractivity contribution in [3.63, 3.8) is 0 Å². The number of rotatable bonds is 7. The van der Waals surface area contributed by atoms with Crippen LogP contribution in [0, 0.1) is 0 Å². The van der Waals surface area contributed by atoms with Crippen molar-refractivity contribution in [2.24, 2.45) is 0 Å². The summed E-state index contributed by atoms with van der Waals surface area (Å²) in [5.74, 6) is 1.18. The van der Waals surface area contributed by atoms with E-state index in [1.54, 1.807) is 6.07 Å². The SMILES string of the molecule is COc1ccc(=O)n(CCCCCCCl)n1. The minimum atomic E-state index is -0.0851. The van der Waals surface area contributed by atoms with Crippen LogP contribution in [-0.4, -0.2) is 22.8 Å². The largest absolute Gasteiger partial charge is 0.480 e. The van der Waals surface area contributed by atoms with Gasteiger partial charge >= 0.3 is 0 Å². The number of methoxy groups -OCH3 is 1. The monoisotopic (exact) mass is 244 g/mol. The summed E-state index contributed by atoms with van der Waals surface area (Å²) >= 11 is 5.58. The van der Waals surface area contributed by atoms with Crippen LogP contribution in [0.4, 0.5) is 0 Å². The van der Waals surface area contributed by atoms with Crippen LogP contribution in [0.15, 0.2) is 16.9 Å². The fourth-order valence-electron chi connectivity index (χ4n) is 1.41. The smallest absolute Gasteiger partial charge is 0.266 e. The Morgan fingerprint density at radius 3 is 2.75 bits per heavy atom. The zero-order valence-electron chi connectivity index (χ0n) is 9.49. The summed E-state index contributed by atoms with van der Waals surface area (Å²) in [6, 6.07) is 3.05. The predicted molar refractivity (Wildman–Crippen MR) is 64.2 cm³/mol. The molecule has 5 heteroatoms. The van der Waals surface area contributed by atoms with Gasteiger partial charge in [-0.1, -0.05) is 12.8 Å². The van der Waals surface area contributed by atoms with Crippen LogP contribution in [-0.2, 0) is 6.54 Å². The lowest BCUT2D eigenvalue weighted by Gasteiger charge is -2.05. The van der Waals surface area contributed by atoms with Gasteiger partial charge in [-0.3, -0.25) is 4.79 Å². The molecule has 0 radical (unpaired) electrons. The normalized spacial score (nSPS) is 10.4. The number of hydrogen-bond donors (Lipinski definition) is 0. The first-order valence-electron chi connectivity index (χ1n) is 5.46. The fourth-order valence-corrected chi connectivity index (χ4v) is 1.60. The van der Waals surface area contributed by atoms with Crippen molar-refractivity contribution in [1.29, 1.82) is 0 Å². The third kappa shape index (κ3) is 4.23. The van der Waals surface area contributed by atoms with Crippen molar-refractivity contribution in [1.82, 2.24) is 9.78 Å². The molecule has 0 aliphatic rings. The van der Waals surface area contributed by atoms with Gasteiger partial charge in [0, 0.05) is 24.6 Å². The van der Waals surface area contributed by atoms with Crippen molar-refractivity contribution in [3.8, 4) is 5.88 Å². The van der Waals surface area contributed by atoms with Crippen molar-refractivity contribution in [2.75, 3.05) is 13.0 Å². The molecule has 0 atom stereocenters. The molecule has 90 valence electrons. The first-order valence-corrected chi connectivity index (χ1v) is 5.99. The molecule has 0 spiro atoms. The molecule has 0 aromatic carbocycles. The molecule has 0 unspecified atom stereocenters. The zero-order chi connectivity index (χ0) is 11.8. The lowest BCUT2D eigenvalue weighted by atomic mass is 10.2. The molecule has 1 heterocycles. The average molecular weight is 245 g/mol. The van der Waals surface area contributed by atoms with Gasteiger partial charge in [0.1, 0.15) is 0 Å². The summed E-state index contributed by atoms with van der Waals surface area (Å²) in [7, 11) is 1.54. The summed E-state index contributed by atoms with van der Waals surface area (Å²) in [5.41, 5.74) is -0.0851. The van der Waals surface area contributed by atoms with E-state index < -0.39 is 0 Å². The van der Waals surface area contributed by atoms with Gasteiger partial charge < -0.3 is 4.74 Å². The van der Waals surface area contributed by atoms with Crippen molar-refractivity contribution < 1.29 is 4.74 Å². The number of ether oxygens (including phenoxy) is 1. The summed E-state index contributed by atoms with van der Waals surface area (Å²) in [6.07, 6.45) is 4.14. The number of halogens is 1. The third-order valence-electron chi connectivity index (χ3n) is 2.30. The number of aromatic nitrogens is 2. The highest BCUT2D eigenvalue weighted by Gasteiger charge is 1.99. The lowest BCUT2D eigenvalue weighted by molar-refractivity contribution is 0.372. The number of unbranched alkanes of at least 4 members (excludes halogenated alkanes) is 3. The molecule has 0 aliphatic carbocycles. The van der Waals surface area contributed by atoms with Gasteiger partial charge in [0.25, 0.3) is 5.56 Å². The van der Waals surface area contributed by atoms with Crippen LogP contribution in [0.25, 0.3) is 0 Å². The predicted octanol–water partition coefficient (Wildman–Crippen LogP) is 2.05. The Hall–Kier alpha value is -1.03. The van der Waals surface area contributed by atoms with Gasteiger partial charge in [-0.05, 0) is 12.8 Å². The molecule has 1 aromatic rings. The van der Waals surface area contributed by atoms with E-state index in [1.807, 2.05) is 0 Å². The molecule has 0 N–H and O–H groups in total. The summed E-state index contributed by atoms with van der Waals surface area (Å²) < 4.78 is 6.41. The molecule has 0 amide bonds. The molecule has 0 fully saturated rings. The average Bonchev–Trinajstić information content (AvgIpc) is 2.31. The number of aryl methyl sites for hydroxylation is 1. The maximum Gasteiger partial charge on any atom is 0.266 e. The van der Waals surface area contributed by atoms with Crippen LogP contribution >= 0.6 is 11.6 Å². The highest BCUT2D eigenvalue weighted by Crippen LogP contribution is 2.03. The lowest BCUT2D eigenvalue weighted by Crippen LogP contribution is -2.22. The minimum Gasteiger partial charge on any atom is -0.480 e. The van der Waals surface area contributed by atoms with Crippen LogP contribution in [0.3, 0.4) is 0 Å². The zero-order valence-corrected chi connectivity index (χ0v) is 10.2. The van der Waals surface area contributed by atoms with E-state index in [1.165, 1.54) is 17.9 Å². The number of hydrogen-bond acceptors (Lipinski definition) is 3. The Bertz CT molecular complexity index is 365. The van der Waals surface area contributed by atoms with E-state index >= 15 is 0 Å². The minimum absolute atomic E-state index is 0.0851. The molecule has 4 nitrogen and oxygen atoms in total. The van der Waals surface area contributed by atoms with Gasteiger partial charge in [-0.2, -0.15) is 0 Å². The van der Waals surface area contributed by atoms with Gasteiger partial charge in [-0.25, -0.2) is 4.68 Å². The maximum absolute atomic E-state index is 11.4. The third-order valence-corrected chi connectivity index (χ3v) is 2.57. The van der Waals surface area contributed by atoms with Crippen LogP contribution in [0.2, 0.25) is 0 Å². The van der Waals surface area contributed by atoms with Crippen LogP contribution in [0.1, 0.15) is 25.7 Å². The Labute approximate surface area is 100 Å². The highest BCUT2D eigenvalue weighted by atomic mass is 35.5. The maximum atomic E-state index is 11.4. The Balaban J connectivity index is 2.43. The van der Waals surface area contributed by atoms with E-state index in [9.17, 15) is 4.79 Å². The number of alkyl halides is 1. The van der Waals surface area contributed by atoms with Gasteiger partial charge in [0.05, 0.1) is 7.11 Å². The second kappa shape index (κ2) is 7.28. The molecular weight excluding hydrogens is 228 g/mol. The second-order valence-electron chi connectivity index (χ2n) is 3.54. The van der Waals surface area contributed by atoms with E-state index in [0.29, 0.717) is 18.3 Å². The molecule has 1 rings (SSSR count). The van der Waals surface area contributed by atoms with Gasteiger partial charge in [0.15, 0.2) is 0 Å². The molecule has 16 heavy (non-hydrogen) atoms. The Kier molecular flexibility index (Phi) is 5.93. The molecule has 0 aliphatic heterocycles. The molecule has 0 saturated carbocycles. The first kappa shape index (κ1) is 13.0. The summed E-state index contributed by atoms with van der Waals surface area (Å²) in [5, 5.41) is 4.06. The quantitative estimate of drug-likeness (QED) is 0.545. The van der Waals surface area contributed by atoms with Crippen molar-refractivity contribution in [3.05, 3.63) is 22.5 Å². The van der Waals surface area contributed by atoms with Gasteiger partial charge in [-0.15, -0.1) is 16.7 Å². The van der Waals surface area contributed by atoms with E-state index in [4.69, 9.17) is 16.3 Å². The standard InChI is InChI=1S/C11H17ClN2O2/c1-16-10-6-7-11(15)14(13-10)9-5-3-2-4-8-12/h6-7H,2-5,8-9H2,1H3. The summed E-state index contributed by atoms with van der Waals surface area (Å²) in [6.45, 7) is 0.637. The molecule has 0 saturated heterocycles. The van der Waals surface area contributed by atoms with Gasteiger partial charge in [0.2, 0.25) is 5.88 Å². The van der Waals surface area contributed by atoms with Crippen LogP contribution < -0.4 is 10.3 Å². The van der Waals surface area contributed by atoms with E-state index in [0.717, 1.165) is 25.7 Å². The second-order valence-corrected chi connectivity index (χ2v) is 3.92. The van der Waals surface area contributed by atoms with E-state index in [-0.39, 0.29) is 5.56 Å². The topological polar surface area (TPSA) is 44.1 Å². The van der Waals surface area contributed by atoms with E-state index in [2.05, 4.69) is 5.10 Å². The molecular formula is C11H17ClN2O2.